The Morgan fingerprint density at radius 3 is 1.81 bits per heavy atom. The van der Waals surface area contributed by atoms with Crippen molar-refractivity contribution in [3.05, 3.63) is 59.7 Å². The first-order chi connectivity index (χ1) is 12.7. The van der Waals surface area contributed by atoms with Crippen LogP contribution in [0.25, 0.3) is 0 Å². The molecule has 2 aromatic carbocycles. The molecule has 3 heteroatoms. The fraction of sp³-hybridized carbons (Fsp3) is 0.435. The molecule has 0 aliphatic heterocycles. The van der Waals surface area contributed by atoms with Crippen molar-refractivity contribution in [2.75, 3.05) is 0 Å². The number of rotatable bonds is 10. The highest BCUT2D eigenvalue weighted by Gasteiger charge is 2.07. The van der Waals surface area contributed by atoms with Crippen molar-refractivity contribution in [2.45, 2.75) is 65.2 Å². The lowest BCUT2D eigenvalue weighted by molar-refractivity contribution is 0.152. The standard InChI is InChI=1S/C23H30O3/c1-3-4-5-6-7-8-9-10-20-13-17-22(18-14-20)26-23(24)25-21-15-11-19(2)12-16-21/h11-18H,3-10H2,1-2H3. The number of ether oxygens (including phenoxy) is 2. The Morgan fingerprint density at radius 1 is 0.731 bits per heavy atom. The van der Waals surface area contributed by atoms with Crippen molar-refractivity contribution >= 4 is 6.16 Å². The molecular formula is C23H30O3. The van der Waals surface area contributed by atoms with Crippen molar-refractivity contribution < 1.29 is 14.3 Å². The van der Waals surface area contributed by atoms with Gasteiger partial charge in [-0.15, -0.1) is 0 Å². The lowest BCUT2D eigenvalue weighted by Gasteiger charge is -2.07. The highest BCUT2D eigenvalue weighted by Crippen LogP contribution is 2.17. The van der Waals surface area contributed by atoms with E-state index in [0.29, 0.717) is 11.5 Å². The minimum absolute atomic E-state index is 0.483. The van der Waals surface area contributed by atoms with Gasteiger partial charge in [-0.2, -0.15) is 0 Å². The predicted molar refractivity (Wildman–Crippen MR) is 106 cm³/mol. The molecular weight excluding hydrogens is 324 g/mol. The molecule has 0 fully saturated rings. The van der Waals surface area contributed by atoms with E-state index >= 15 is 0 Å². The maximum absolute atomic E-state index is 11.8. The smallest absolute Gasteiger partial charge is 0.395 e. The summed E-state index contributed by atoms with van der Waals surface area (Å²) in [4.78, 5) is 11.8. The summed E-state index contributed by atoms with van der Waals surface area (Å²) in [5.41, 5.74) is 2.39. The summed E-state index contributed by atoms with van der Waals surface area (Å²) >= 11 is 0. The summed E-state index contributed by atoms with van der Waals surface area (Å²) in [6.07, 6.45) is 9.54. The normalized spacial score (nSPS) is 10.5. The molecule has 2 aromatic rings. The largest absolute Gasteiger partial charge is 0.519 e. The van der Waals surface area contributed by atoms with E-state index in [1.807, 2.05) is 43.3 Å². The Balaban J connectivity index is 1.68. The van der Waals surface area contributed by atoms with Crippen molar-refractivity contribution in [1.29, 1.82) is 0 Å². The van der Waals surface area contributed by atoms with E-state index < -0.39 is 6.16 Å². The van der Waals surface area contributed by atoms with E-state index in [2.05, 4.69) is 6.92 Å². The zero-order valence-electron chi connectivity index (χ0n) is 16.0. The lowest BCUT2D eigenvalue weighted by atomic mass is 10.0. The molecule has 2 rings (SSSR count). The molecule has 0 aliphatic rings. The summed E-state index contributed by atoms with van der Waals surface area (Å²) in [6, 6.07) is 15.0. The van der Waals surface area contributed by atoms with Crippen LogP contribution < -0.4 is 9.47 Å². The average molecular weight is 354 g/mol. The Kier molecular flexibility index (Phi) is 8.74. The summed E-state index contributed by atoms with van der Waals surface area (Å²) in [6.45, 7) is 4.23. The highest BCUT2D eigenvalue weighted by atomic mass is 16.7. The molecule has 0 radical (unpaired) electrons. The summed E-state index contributed by atoms with van der Waals surface area (Å²) in [7, 11) is 0. The number of aryl methyl sites for hydroxylation is 2. The van der Waals surface area contributed by atoms with Crippen molar-refractivity contribution in [3.63, 3.8) is 0 Å². The molecule has 0 aliphatic carbocycles. The van der Waals surface area contributed by atoms with Gasteiger partial charge in [0.1, 0.15) is 11.5 Å². The van der Waals surface area contributed by atoms with Crippen molar-refractivity contribution in [1.82, 2.24) is 0 Å². The van der Waals surface area contributed by atoms with E-state index in [0.717, 1.165) is 12.0 Å². The van der Waals surface area contributed by atoms with Gasteiger partial charge in [-0.25, -0.2) is 4.79 Å². The molecule has 0 saturated carbocycles. The third-order valence-corrected chi connectivity index (χ3v) is 4.42. The molecule has 0 unspecified atom stereocenters. The molecule has 0 spiro atoms. The second kappa shape index (κ2) is 11.3. The highest BCUT2D eigenvalue weighted by molar-refractivity contribution is 5.67. The first-order valence-electron chi connectivity index (χ1n) is 9.72. The SMILES string of the molecule is CCCCCCCCCc1ccc(OC(=O)Oc2ccc(C)cc2)cc1. The van der Waals surface area contributed by atoms with Crippen LogP contribution in [-0.4, -0.2) is 6.16 Å². The van der Waals surface area contributed by atoms with Gasteiger partial charge in [0.15, 0.2) is 0 Å². The summed E-state index contributed by atoms with van der Waals surface area (Å²) in [5.74, 6) is 0.988. The Hall–Kier alpha value is -2.29. The van der Waals surface area contributed by atoms with Crippen LogP contribution in [-0.2, 0) is 6.42 Å². The zero-order valence-corrected chi connectivity index (χ0v) is 16.0. The van der Waals surface area contributed by atoms with Crippen LogP contribution in [0.3, 0.4) is 0 Å². The summed E-state index contributed by atoms with van der Waals surface area (Å²) < 4.78 is 10.4. The van der Waals surface area contributed by atoms with Crippen molar-refractivity contribution in [3.8, 4) is 11.5 Å². The third-order valence-electron chi connectivity index (χ3n) is 4.42. The molecule has 26 heavy (non-hydrogen) atoms. The predicted octanol–water partition coefficient (Wildman–Crippen LogP) is 6.87. The van der Waals surface area contributed by atoms with Crippen LogP contribution in [0.4, 0.5) is 4.79 Å². The van der Waals surface area contributed by atoms with E-state index in [4.69, 9.17) is 9.47 Å². The Bertz CT molecular complexity index is 644. The summed E-state index contributed by atoms with van der Waals surface area (Å²) in [5, 5.41) is 0. The number of hydrogen-bond acceptors (Lipinski definition) is 3. The van der Waals surface area contributed by atoms with E-state index in [1.54, 1.807) is 12.1 Å². The lowest BCUT2D eigenvalue weighted by Crippen LogP contribution is -2.13. The van der Waals surface area contributed by atoms with Gasteiger partial charge in [0.25, 0.3) is 0 Å². The third kappa shape index (κ3) is 7.73. The monoisotopic (exact) mass is 354 g/mol. The van der Waals surface area contributed by atoms with Gasteiger partial charge in [-0.1, -0.05) is 75.3 Å². The van der Waals surface area contributed by atoms with Crippen LogP contribution in [0.5, 0.6) is 11.5 Å². The molecule has 3 nitrogen and oxygen atoms in total. The van der Waals surface area contributed by atoms with Crippen LogP contribution in [0.1, 0.15) is 63.0 Å². The zero-order chi connectivity index (χ0) is 18.6. The quantitative estimate of drug-likeness (QED) is 0.265. The molecule has 0 aromatic heterocycles. The van der Waals surface area contributed by atoms with Gasteiger partial charge < -0.3 is 9.47 Å². The maximum Gasteiger partial charge on any atom is 0.519 e. The minimum Gasteiger partial charge on any atom is -0.395 e. The number of carbonyl (C=O) groups excluding carboxylic acids is 1. The second-order valence-electron chi connectivity index (χ2n) is 6.78. The van der Waals surface area contributed by atoms with E-state index in [9.17, 15) is 4.79 Å². The molecule has 140 valence electrons. The topological polar surface area (TPSA) is 35.5 Å². The molecule has 0 bridgehead atoms. The maximum atomic E-state index is 11.8. The van der Waals surface area contributed by atoms with Gasteiger partial charge in [-0.05, 0) is 49.6 Å². The van der Waals surface area contributed by atoms with E-state index in [1.165, 1.54) is 50.5 Å². The van der Waals surface area contributed by atoms with E-state index in [-0.39, 0.29) is 0 Å². The Morgan fingerprint density at radius 2 is 1.23 bits per heavy atom. The van der Waals surface area contributed by atoms with Crippen molar-refractivity contribution in [2.24, 2.45) is 0 Å². The molecule has 0 heterocycles. The molecule has 0 atom stereocenters. The average Bonchev–Trinajstić information content (AvgIpc) is 2.64. The molecule has 0 saturated heterocycles. The number of carbonyl (C=O) groups is 1. The second-order valence-corrected chi connectivity index (χ2v) is 6.78. The van der Waals surface area contributed by atoms with Gasteiger partial charge in [0.2, 0.25) is 0 Å². The Labute approximate surface area is 157 Å². The number of hydrogen-bond donors (Lipinski definition) is 0. The number of benzene rings is 2. The van der Waals surface area contributed by atoms with Crippen LogP contribution >= 0.6 is 0 Å². The van der Waals surface area contributed by atoms with Gasteiger partial charge >= 0.3 is 6.16 Å². The van der Waals surface area contributed by atoms with Crippen LogP contribution in [0, 0.1) is 6.92 Å². The first kappa shape index (κ1) is 20.0. The molecule has 0 amide bonds. The van der Waals surface area contributed by atoms with Gasteiger partial charge in [0, 0.05) is 0 Å². The minimum atomic E-state index is -0.714. The van der Waals surface area contributed by atoms with Crippen LogP contribution in [0.15, 0.2) is 48.5 Å². The fourth-order valence-corrected chi connectivity index (χ4v) is 2.83. The molecule has 0 N–H and O–H groups in total. The fourth-order valence-electron chi connectivity index (χ4n) is 2.83. The van der Waals surface area contributed by atoms with Crippen LogP contribution in [0.2, 0.25) is 0 Å². The van der Waals surface area contributed by atoms with Gasteiger partial charge in [0.05, 0.1) is 0 Å². The van der Waals surface area contributed by atoms with Gasteiger partial charge in [-0.3, -0.25) is 0 Å². The number of unbranched alkanes of at least 4 members (excludes halogenated alkanes) is 6. The first-order valence-corrected chi connectivity index (χ1v) is 9.72.